The predicted molar refractivity (Wildman–Crippen MR) is 72.9 cm³/mol. The van der Waals surface area contributed by atoms with E-state index in [2.05, 4.69) is 22.8 Å². The smallest absolute Gasteiger partial charge is 0.227 e. The van der Waals surface area contributed by atoms with Crippen LogP contribution in [-0.2, 0) is 4.79 Å². The number of nitrogens with zero attached hydrogens (tertiary/aromatic N) is 1. The van der Waals surface area contributed by atoms with E-state index in [4.69, 9.17) is 0 Å². The number of nitrogens with one attached hydrogen (secondary N) is 2. The molecule has 2 aliphatic heterocycles. The van der Waals surface area contributed by atoms with Crippen LogP contribution < -0.4 is 15.5 Å². The number of carbonyl (C=O) groups is 1. The van der Waals surface area contributed by atoms with Crippen LogP contribution in [0.5, 0.6) is 0 Å². The van der Waals surface area contributed by atoms with Crippen LogP contribution in [0.15, 0.2) is 24.3 Å². The quantitative estimate of drug-likeness (QED) is 0.850. The predicted octanol–water partition coefficient (Wildman–Crippen LogP) is 1.59. The number of carbonyl (C=O) groups excluding carboxylic acids is 1. The number of anilines is 2. The van der Waals surface area contributed by atoms with Crippen molar-refractivity contribution in [1.82, 2.24) is 5.32 Å². The Hall–Kier alpha value is -1.55. The monoisotopic (exact) mass is 245 g/mol. The van der Waals surface area contributed by atoms with Gasteiger partial charge in [-0.3, -0.25) is 4.79 Å². The Kier molecular flexibility index (Phi) is 3.19. The van der Waals surface area contributed by atoms with Crippen LogP contribution in [0.3, 0.4) is 0 Å². The van der Waals surface area contributed by atoms with Crippen molar-refractivity contribution in [2.24, 2.45) is 0 Å². The third-order valence-electron chi connectivity index (χ3n) is 3.66. The first-order chi connectivity index (χ1) is 8.83. The lowest BCUT2D eigenvalue weighted by atomic mass is 10.2. The highest BCUT2D eigenvalue weighted by molar-refractivity contribution is 5.95. The van der Waals surface area contributed by atoms with Crippen molar-refractivity contribution in [3.63, 3.8) is 0 Å². The maximum Gasteiger partial charge on any atom is 0.227 e. The molecule has 2 aliphatic rings. The van der Waals surface area contributed by atoms with Gasteiger partial charge in [0.05, 0.1) is 0 Å². The molecule has 0 saturated carbocycles. The molecule has 2 saturated heterocycles. The molecule has 4 nitrogen and oxygen atoms in total. The second-order valence-corrected chi connectivity index (χ2v) is 5.03. The van der Waals surface area contributed by atoms with Gasteiger partial charge in [0.1, 0.15) is 0 Å². The fraction of sp³-hybridized carbons (Fsp3) is 0.500. The van der Waals surface area contributed by atoms with Gasteiger partial charge in [0.25, 0.3) is 0 Å². The molecule has 0 aromatic heterocycles. The molecule has 1 amide bonds. The molecule has 18 heavy (non-hydrogen) atoms. The Morgan fingerprint density at radius 2 is 2.33 bits per heavy atom. The standard InChI is InChI=1S/C14H19N3O/c18-14-5-2-8-17(14)13-4-1-3-11(9-13)16-12-6-7-15-10-12/h1,3-4,9,12,15-16H,2,5-8,10H2. The average Bonchev–Trinajstić information content (AvgIpc) is 3.01. The van der Waals surface area contributed by atoms with Crippen LogP contribution in [0, 0.1) is 0 Å². The van der Waals surface area contributed by atoms with Gasteiger partial charge < -0.3 is 15.5 Å². The molecule has 4 heteroatoms. The molecule has 2 N–H and O–H groups in total. The van der Waals surface area contributed by atoms with Crippen LogP contribution in [0.4, 0.5) is 11.4 Å². The van der Waals surface area contributed by atoms with E-state index < -0.39 is 0 Å². The molecule has 1 atom stereocenters. The molecular formula is C14H19N3O. The number of rotatable bonds is 3. The Bertz CT molecular complexity index is 440. The molecule has 1 aromatic rings. The van der Waals surface area contributed by atoms with E-state index in [1.807, 2.05) is 17.0 Å². The minimum Gasteiger partial charge on any atom is -0.381 e. The number of amides is 1. The van der Waals surface area contributed by atoms with E-state index in [0.717, 1.165) is 43.9 Å². The first kappa shape index (κ1) is 11.5. The van der Waals surface area contributed by atoms with Crippen LogP contribution in [0.2, 0.25) is 0 Å². The molecule has 0 radical (unpaired) electrons. The Balaban J connectivity index is 1.73. The van der Waals surface area contributed by atoms with Gasteiger partial charge in [-0.1, -0.05) is 6.07 Å². The summed E-state index contributed by atoms with van der Waals surface area (Å²) in [5, 5.41) is 6.86. The van der Waals surface area contributed by atoms with E-state index in [9.17, 15) is 4.79 Å². The molecule has 1 unspecified atom stereocenters. The molecule has 0 bridgehead atoms. The van der Waals surface area contributed by atoms with Gasteiger partial charge in [-0.15, -0.1) is 0 Å². The summed E-state index contributed by atoms with van der Waals surface area (Å²) in [6.07, 6.45) is 2.82. The fourth-order valence-electron chi connectivity index (χ4n) is 2.70. The SMILES string of the molecule is O=C1CCCN1c1cccc(NC2CCNC2)c1. The van der Waals surface area contributed by atoms with Crippen molar-refractivity contribution in [3.8, 4) is 0 Å². The maximum absolute atomic E-state index is 11.7. The molecule has 3 rings (SSSR count). The zero-order chi connectivity index (χ0) is 12.4. The van der Waals surface area contributed by atoms with Crippen LogP contribution in [0.25, 0.3) is 0 Å². The summed E-state index contributed by atoms with van der Waals surface area (Å²) in [5.41, 5.74) is 2.13. The van der Waals surface area contributed by atoms with E-state index in [-0.39, 0.29) is 5.91 Å². The second-order valence-electron chi connectivity index (χ2n) is 5.03. The maximum atomic E-state index is 11.7. The second kappa shape index (κ2) is 4.98. The van der Waals surface area contributed by atoms with E-state index in [1.165, 1.54) is 0 Å². The highest BCUT2D eigenvalue weighted by atomic mass is 16.2. The van der Waals surface area contributed by atoms with Gasteiger partial charge in [-0.25, -0.2) is 0 Å². The molecular weight excluding hydrogens is 226 g/mol. The van der Waals surface area contributed by atoms with E-state index in [1.54, 1.807) is 0 Å². The van der Waals surface area contributed by atoms with Gasteiger partial charge in [-0.05, 0) is 37.6 Å². The zero-order valence-electron chi connectivity index (χ0n) is 10.5. The number of hydrogen-bond donors (Lipinski definition) is 2. The largest absolute Gasteiger partial charge is 0.381 e. The van der Waals surface area contributed by atoms with Crippen molar-refractivity contribution >= 4 is 17.3 Å². The van der Waals surface area contributed by atoms with E-state index in [0.29, 0.717) is 12.5 Å². The van der Waals surface area contributed by atoms with Crippen molar-refractivity contribution < 1.29 is 4.79 Å². The summed E-state index contributed by atoms with van der Waals surface area (Å²) in [6.45, 7) is 2.96. The minimum absolute atomic E-state index is 0.245. The zero-order valence-corrected chi connectivity index (χ0v) is 10.5. The summed E-state index contributed by atoms with van der Waals surface area (Å²) in [4.78, 5) is 13.6. The first-order valence-corrected chi connectivity index (χ1v) is 6.70. The molecule has 0 aliphatic carbocycles. The lowest BCUT2D eigenvalue weighted by Crippen LogP contribution is -2.24. The van der Waals surface area contributed by atoms with Crippen LogP contribution >= 0.6 is 0 Å². The normalized spacial score (nSPS) is 23.7. The summed E-state index contributed by atoms with van der Waals surface area (Å²) >= 11 is 0. The topological polar surface area (TPSA) is 44.4 Å². The summed E-state index contributed by atoms with van der Waals surface area (Å²) in [5.74, 6) is 0.245. The molecule has 2 heterocycles. The molecule has 2 fully saturated rings. The minimum atomic E-state index is 0.245. The Labute approximate surface area is 107 Å². The van der Waals surface area contributed by atoms with Crippen LogP contribution in [-0.4, -0.2) is 31.6 Å². The number of hydrogen-bond acceptors (Lipinski definition) is 3. The summed E-state index contributed by atoms with van der Waals surface area (Å²) in [6, 6.07) is 8.70. The lowest BCUT2D eigenvalue weighted by molar-refractivity contribution is -0.117. The van der Waals surface area contributed by atoms with Crippen molar-refractivity contribution in [1.29, 1.82) is 0 Å². The highest BCUT2D eigenvalue weighted by Gasteiger charge is 2.22. The van der Waals surface area contributed by atoms with Crippen molar-refractivity contribution in [2.75, 3.05) is 29.9 Å². The number of benzene rings is 1. The van der Waals surface area contributed by atoms with Gasteiger partial charge in [0.15, 0.2) is 0 Å². The van der Waals surface area contributed by atoms with Crippen LogP contribution in [0.1, 0.15) is 19.3 Å². The summed E-state index contributed by atoms with van der Waals surface area (Å²) < 4.78 is 0. The third kappa shape index (κ3) is 2.34. The molecule has 96 valence electrons. The van der Waals surface area contributed by atoms with E-state index >= 15 is 0 Å². The van der Waals surface area contributed by atoms with Gasteiger partial charge in [0.2, 0.25) is 5.91 Å². The average molecular weight is 245 g/mol. The fourth-order valence-corrected chi connectivity index (χ4v) is 2.70. The lowest BCUT2D eigenvalue weighted by Gasteiger charge is -2.18. The molecule has 0 spiro atoms. The highest BCUT2D eigenvalue weighted by Crippen LogP contribution is 2.24. The first-order valence-electron chi connectivity index (χ1n) is 6.70. The van der Waals surface area contributed by atoms with Crippen molar-refractivity contribution in [3.05, 3.63) is 24.3 Å². The Morgan fingerprint density at radius 1 is 1.39 bits per heavy atom. The van der Waals surface area contributed by atoms with Gasteiger partial charge in [-0.2, -0.15) is 0 Å². The Morgan fingerprint density at radius 3 is 3.06 bits per heavy atom. The third-order valence-corrected chi connectivity index (χ3v) is 3.66. The van der Waals surface area contributed by atoms with Gasteiger partial charge in [0, 0.05) is 36.9 Å². The van der Waals surface area contributed by atoms with Crippen molar-refractivity contribution in [2.45, 2.75) is 25.3 Å². The molecule has 1 aromatic carbocycles. The summed E-state index contributed by atoms with van der Waals surface area (Å²) in [7, 11) is 0. The van der Waals surface area contributed by atoms with Gasteiger partial charge >= 0.3 is 0 Å².